The van der Waals surface area contributed by atoms with Crippen molar-refractivity contribution in [1.29, 1.82) is 0 Å². The minimum absolute atomic E-state index is 0. The fourth-order valence-electron chi connectivity index (χ4n) is 0. The Morgan fingerprint density at radius 2 is 1.40 bits per heavy atom. The van der Waals surface area contributed by atoms with Gasteiger partial charge in [0.25, 0.3) is 0 Å². The fourth-order valence-corrected chi connectivity index (χ4v) is 0. The Morgan fingerprint density at radius 1 is 1.40 bits per heavy atom. The quantitative estimate of drug-likeness (QED) is 0.384. The minimum Gasteiger partial charge on any atom is -0.269 e. The molecule has 3 heteroatoms. The van der Waals surface area contributed by atoms with E-state index >= 15 is 0 Å². The first-order chi connectivity index (χ1) is 1.41. The molecule has 0 radical (unpaired) electrons. The molecule has 0 atom stereocenters. The normalized spacial score (nSPS) is 3.40. The van der Waals surface area contributed by atoms with Gasteiger partial charge in [0.15, 0.2) is 0 Å². The van der Waals surface area contributed by atoms with Gasteiger partial charge in [-0.1, -0.05) is 6.92 Å². The average Bonchev–Trinajstić information content (AvgIpc) is 0.918. The number of halogens is 2. The van der Waals surface area contributed by atoms with Crippen LogP contribution >= 0.6 is 0 Å². The van der Waals surface area contributed by atoms with Crippen molar-refractivity contribution in [2.24, 2.45) is 0 Å². The van der Waals surface area contributed by atoms with E-state index in [0.717, 1.165) is 0 Å². The third-order valence-corrected chi connectivity index (χ3v) is 0. The molecule has 0 rings (SSSR count). The summed E-state index contributed by atoms with van der Waals surface area (Å²) in [6.45, 7) is 2.19. The summed E-state index contributed by atoms with van der Waals surface area (Å²) in [6.07, 6.45) is 0. The summed E-state index contributed by atoms with van der Waals surface area (Å²) in [5.41, 5.74) is 0. The zero-order chi connectivity index (χ0) is 2.71. The van der Waals surface area contributed by atoms with Crippen LogP contribution in [0.1, 0.15) is 6.92 Å². The summed E-state index contributed by atoms with van der Waals surface area (Å²) in [6, 6.07) is 0. The van der Waals surface area contributed by atoms with E-state index in [4.69, 9.17) is 0 Å². The Labute approximate surface area is 38.7 Å². The smallest absolute Gasteiger partial charge is 0.211 e. The van der Waals surface area contributed by atoms with Gasteiger partial charge < -0.3 is 0 Å². The second-order valence-electron chi connectivity index (χ2n) is 0.707. The maximum Gasteiger partial charge on any atom is 0.211 e. The van der Waals surface area contributed by atoms with Crippen molar-refractivity contribution in [2.45, 2.75) is 12.2 Å². The van der Waals surface area contributed by atoms with E-state index in [1.54, 1.807) is 0 Å². The van der Waals surface area contributed by atoms with E-state index in [2.05, 4.69) is 6.92 Å². The molecule has 0 aromatic rings. The van der Waals surface area contributed by atoms with Crippen LogP contribution in [-0.2, 0) is 0 Å². The molecule has 0 aliphatic carbocycles. The third kappa shape index (κ3) is 163. The highest BCUT2D eigenvalue weighted by Crippen LogP contribution is 1.49. The first kappa shape index (κ1) is 18.2. The molecule has 0 N–H and O–H groups in total. The van der Waals surface area contributed by atoms with Crippen molar-refractivity contribution in [3.63, 3.8) is 0 Å². The lowest BCUT2D eigenvalue weighted by Gasteiger charge is -1.44. The lowest BCUT2D eigenvalue weighted by atomic mass is 11.0. The van der Waals surface area contributed by atoms with Crippen molar-refractivity contribution in [1.82, 2.24) is 0 Å². The Morgan fingerprint density at radius 3 is 1.40 bits per heavy atom. The van der Waals surface area contributed by atoms with Gasteiger partial charge in [-0.3, -0.25) is 9.41 Å². The Bertz CT molecular complexity index is 7.61. The van der Waals surface area contributed by atoms with Crippen LogP contribution in [0.15, 0.2) is 0 Å². The van der Waals surface area contributed by atoms with Crippen molar-refractivity contribution < 1.29 is 9.41 Å². The van der Waals surface area contributed by atoms with E-state index < -0.39 is 0 Å². The summed E-state index contributed by atoms with van der Waals surface area (Å²) in [4.78, 5) is 0. The van der Waals surface area contributed by atoms with Crippen LogP contribution in [0, 0.1) is 0 Å². The molecule has 0 fully saturated rings. The first-order valence-corrected chi connectivity index (χ1v) is 2.83. The van der Waals surface area contributed by atoms with Crippen molar-refractivity contribution in [3.8, 4) is 0 Å². The molecular weight excluding hydrogens is 89.0 g/mol. The number of hydrogen-bond donors (Lipinski definition) is 0. The van der Waals surface area contributed by atoms with Crippen LogP contribution < -0.4 is 0 Å². The zero-order valence-corrected chi connectivity index (χ0v) is 5.52. The number of hydrogen-bond acceptors (Lipinski definition) is 0. The van der Waals surface area contributed by atoms with E-state index in [1.165, 1.54) is 21.6 Å². The first-order valence-electron chi connectivity index (χ1n) is 1.41. The summed E-state index contributed by atoms with van der Waals surface area (Å²) in [5, 5.41) is 1.39. The van der Waals surface area contributed by atoms with Gasteiger partial charge in [-0.25, -0.2) is 0 Å². The van der Waals surface area contributed by atoms with Crippen LogP contribution in [0.5, 0.6) is 0 Å². The van der Waals surface area contributed by atoms with Gasteiger partial charge in [-0.15, -0.1) is 5.28 Å². The maximum absolute atomic E-state index is 2.19. The van der Waals surface area contributed by atoms with Crippen LogP contribution in [0.4, 0.5) is 9.41 Å². The van der Waals surface area contributed by atoms with Crippen LogP contribution in [-0.4, -0.2) is 16.3 Å². The maximum atomic E-state index is 2.19. The molecule has 0 unspecified atom stereocenters. The van der Waals surface area contributed by atoms with Crippen LogP contribution in [0.2, 0.25) is 5.28 Å². The van der Waals surface area contributed by atoms with Crippen LogP contribution in [0.3, 0.4) is 0 Å². The summed E-state index contributed by atoms with van der Waals surface area (Å²) in [5.74, 6) is 0. The largest absolute Gasteiger partial charge is 0.269 e. The molecule has 0 aromatic heterocycles. The minimum atomic E-state index is 0. The summed E-state index contributed by atoms with van der Waals surface area (Å²) < 4.78 is 0. The lowest BCUT2D eigenvalue weighted by molar-refractivity contribution is 1.11. The SMILES string of the molecule is C[CH2][AlH2].F.F. The molecule has 0 bridgehead atoms. The van der Waals surface area contributed by atoms with Gasteiger partial charge in [-0.05, 0) is 0 Å². The lowest BCUT2D eigenvalue weighted by Crippen LogP contribution is -1.41. The molecule has 0 saturated carbocycles. The summed E-state index contributed by atoms with van der Waals surface area (Å²) >= 11 is 1.37. The molecule has 0 aliphatic rings. The Balaban J connectivity index is -0.0000000200. The topological polar surface area (TPSA) is 0 Å². The highest BCUT2D eigenvalue weighted by molar-refractivity contribution is 6.08. The molecule has 0 amide bonds. The van der Waals surface area contributed by atoms with E-state index in [-0.39, 0.29) is 9.41 Å². The monoisotopic (exact) mass is 98.0 g/mol. The van der Waals surface area contributed by atoms with Gasteiger partial charge in [0.1, 0.15) is 0 Å². The second-order valence-corrected chi connectivity index (χ2v) is 2.12. The average molecular weight is 98.1 g/mol. The third-order valence-electron chi connectivity index (χ3n) is 0. The fraction of sp³-hybridized carbons (Fsp3) is 1.00. The predicted octanol–water partition coefficient (Wildman–Crippen LogP) is 0.363. The predicted molar refractivity (Wildman–Crippen MR) is 24.0 cm³/mol. The van der Waals surface area contributed by atoms with E-state index in [0.29, 0.717) is 0 Å². The highest BCUT2D eigenvalue weighted by atomic mass is 27.0. The van der Waals surface area contributed by atoms with E-state index in [1.807, 2.05) is 0 Å². The molecule has 0 spiro atoms. The second kappa shape index (κ2) is 26.1. The van der Waals surface area contributed by atoms with Gasteiger partial charge in [0.05, 0.1) is 0 Å². The molecule has 0 nitrogen and oxygen atoms in total. The zero-order valence-electron chi connectivity index (χ0n) is 3.52. The molecule has 0 aromatic carbocycles. The molecule has 0 saturated heterocycles. The Kier molecular flexibility index (Phi) is 94.8. The van der Waals surface area contributed by atoms with Crippen molar-refractivity contribution in [2.75, 3.05) is 0 Å². The van der Waals surface area contributed by atoms with Gasteiger partial charge in [0, 0.05) is 0 Å². The molecular formula is C2H9AlF2. The molecule has 0 aliphatic heterocycles. The summed E-state index contributed by atoms with van der Waals surface area (Å²) in [7, 11) is 0. The molecule has 34 valence electrons. The molecule has 5 heavy (non-hydrogen) atoms. The van der Waals surface area contributed by atoms with Gasteiger partial charge in [0.2, 0.25) is 16.3 Å². The van der Waals surface area contributed by atoms with Gasteiger partial charge in [-0.2, -0.15) is 0 Å². The number of rotatable bonds is 0. The van der Waals surface area contributed by atoms with Crippen molar-refractivity contribution >= 4 is 16.3 Å². The molecule has 0 heterocycles. The van der Waals surface area contributed by atoms with Crippen LogP contribution in [0.25, 0.3) is 0 Å². The Hall–Kier alpha value is 0.392. The van der Waals surface area contributed by atoms with E-state index in [9.17, 15) is 0 Å². The van der Waals surface area contributed by atoms with Gasteiger partial charge >= 0.3 is 0 Å². The highest BCUT2D eigenvalue weighted by Gasteiger charge is 1.41. The van der Waals surface area contributed by atoms with Crippen molar-refractivity contribution in [3.05, 3.63) is 0 Å². The standard InChI is InChI=1S/C2H5.Al.2FH.2H/c1-2;;;;;/h1H2,2H3;;2*1H;;.